The molecule has 1 aliphatic rings. The van der Waals surface area contributed by atoms with Gasteiger partial charge in [-0.2, -0.15) is 4.98 Å². The molecule has 1 aliphatic heterocycles. The molecule has 0 aliphatic carbocycles. The van der Waals surface area contributed by atoms with Crippen LogP contribution in [-0.4, -0.2) is 51.0 Å². The summed E-state index contributed by atoms with van der Waals surface area (Å²) < 4.78 is 6.58. The summed E-state index contributed by atoms with van der Waals surface area (Å²) in [5.41, 5.74) is 6.31. The molecule has 3 rings (SSSR count). The summed E-state index contributed by atoms with van der Waals surface area (Å²) in [5, 5.41) is 21.8. The molecule has 28 heavy (non-hydrogen) atoms. The number of anilines is 1. The SMILES string of the molecule is Nc1nc(=O)n([C@H]2C[C@H](O)[C@@H](CO)O2)cc1C(=O)NCCCc1ccccc1. The first-order chi connectivity index (χ1) is 13.5. The largest absolute Gasteiger partial charge is 0.394 e. The van der Waals surface area contributed by atoms with Gasteiger partial charge in [-0.05, 0) is 18.4 Å². The minimum atomic E-state index is -0.908. The van der Waals surface area contributed by atoms with E-state index in [0.717, 1.165) is 17.4 Å². The van der Waals surface area contributed by atoms with E-state index < -0.39 is 30.0 Å². The number of rotatable bonds is 7. The average Bonchev–Trinajstić information content (AvgIpc) is 3.06. The molecule has 1 fully saturated rings. The second-order valence-corrected chi connectivity index (χ2v) is 6.69. The van der Waals surface area contributed by atoms with Gasteiger partial charge in [-0.1, -0.05) is 30.3 Å². The lowest BCUT2D eigenvalue weighted by Crippen LogP contribution is -2.33. The number of aliphatic hydroxyl groups is 2. The number of nitrogen functional groups attached to an aromatic ring is 1. The molecular formula is C19H24N4O5. The predicted octanol–water partition coefficient (Wildman–Crippen LogP) is -0.171. The van der Waals surface area contributed by atoms with E-state index in [2.05, 4.69) is 10.3 Å². The van der Waals surface area contributed by atoms with Crippen LogP contribution in [0.4, 0.5) is 5.82 Å². The first-order valence-electron chi connectivity index (χ1n) is 9.14. The Morgan fingerprint density at radius 3 is 2.79 bits per heavy atom. The number of amides is 1. The topological polar surface area (TPSA) is 140 Å². The van der Waals surface area contributed by atoms with E-state index in [-0.39, 0.29) is 24.4 Å². The fourth-order valence-electron chi connectivity index (χ4n) is 3.15. The molecule has 1 saturated heterocycles. The summed E-state index contributed by atoms with van der Waals surface area (Å²) in [7, 11) is 0. The Labute approximate surface area is 161 Å². The number of hydrogen-bond acceptors (Lipinski definition) is 7. The van der Waals surface area contributed by atoms with E-state index in [1.165, 1.54) is 11.8 Å². The quantitative estimate of drug-likeness (QED) is 0.483. The Morgan fingerprint density at radius 1 is 1.36 bits per heavy atom. The molecule has 1 aromatic heterocycles. The first-order valence-corrected chi connectivity index (χ1v) is 9.14. The van der Waals surface area contributed by atoms with Gasteiger partial charge in [0.1, 0.15) is 18.1 Å². The summed E-state index contributed by atoms with van der Waals surface area (Å²) in [5.74, 6) is -0.608. The maximum absolute atomic E-state index is 12.5. The summed E-state index contributed by atoms with van der Waals surface area (Å²) in [6, 6.07) is 9.93. The van der Waals surface area contributed by atoms with Gasteiger partial charge in [0.2, 0.25) is 0 Å². The van der Waals surface area contributed by atoms with Crippen molar-refractivity contribution in [3.8, 4) is 0 Å². The number of carbonyl (C=O) groups is 1. The molecule has 9 heteroatoms. The highest BCUT2D eigenvalue weighted by atomic mass is 16.5. The van der Waals surface area contributed by atoms with Gasteiger partial charge in [0.15, 0.2) is 0 Å². The second kappa shape index (κ2) is 8.96. The van der Waals surface area contributed by atoms with Crippen LogP contribution in [0, 0.1) is 0 Å². The van der Waals surface area contributed by atoms with Gasteiger partial charge >= 0.3 is 5.69 Å². The lowest BCUT2D eigenvalue weighted by Gasteiger charge is -2.16. The zero-order valence-corrected chi connectivity index (χ0v) is 15.3. The molecule has 0 radical (unpaired) electrons. The third-order valence-corrected chi connectivity index (χ3v) is 4.69. The standard InChI is InChI=1S/C19H24N4O5/c20-17-13(18(26)21-8-4-7-12-5-2-1-3-6-12)10-23(19(27)22-17)16-9-14(25)15(11-24)28-16/h1-3,5-6,10,14-16,24-25H,4,7-9,11H2,(H,21,26)(H2,20,22,27)/t14-,15+,16+/m0/s1. The van der Waals surface area contributed by atoms with Crippen LogP contribution >= 0.6 is 0 Å². The van der Waals surface area contributed by atoms with Crippen molar-refractivity contribution in [1.29, 1.82) is 0 Å². The first kappa shape index (κ1) is 20.0. The number of nitrogens with one attached hydrogen (secondary N) is 1. The molecule has 150 valence electrons. The summed E-state index contributed by atoms with van der Waals surface area (Å²) in [4.78, 5) is 28.3. The fraction of sp³-hybridized carbons (Fsp3) is 0.421. The molecule has 2 heterocycles. The monoisotopic (exact) mass is 388 g/mol. The van der Waals surface area contributed by atoms with Crippen LogP contribution in [0.2, 0.25) is 0 Å². The third-order valence-electron chi connectivity index (χ3n) is 4.69. The number of nitrogens with two attached hydrogens (primary N) is 1. The number of hydrogen-bond donors (Lipinski definition) is 4. The summed E-state index contributed by atoms with van der Waals surface area (Å²) in [6.07, 6.45) is 0.448. The summed E-state index contributed by atoms with van der Waals surface area (Å²) in [6.45, 7) is 0.0705. The van der Waals surface area contributed by atoms with E-state index in [1.807, 2.05) is 30.3 Å². The molecule has 1 aromatic carbocycles. The van der Waals surface area contributed by atoms with Crippen molar-refractivity contribution in [1.82, 2.24) is 14.9 Å². The average molecular weight is 388 g/mol. The Hall–Kier alpha value is -2.75. The predicted molar refractivity (Wildman–Crippen MR) is 102 cm³/mol. The Balaban J connectivity index is 1.64. The molecule has 1 amide bonds. The lowest BCUT2D eigenvalue weighted by atomic mass is 10.1. The molecular weight excluding hydrogens is 364 g/mol. The van der Waals surface area contributed by atoms with E-state index in [9.17, 15) is 19.8 Å². The second-order valence-electron chi connectivity index (χ2n) is 6.69. The lowest BCUT2D eigenvalue weighted by molar-refractivity contribution is -0.0459. The van der Waals surface area contributed by atoms with E-state index >= 15 is 0 Å². The number of aliphatic hydroxyl groups excluding tert-OH is 2. The van der Waals surface area contributed by atoms with Gasteiger partial charge in [0.05, 0.1) is 18.3 Å². The maximum atomic E-state index is 12.5. The highest BCUT2D eigenvalue weighted by Crippen LogP contribution is 2.27. The van der Waals surface area contributed by atoms with Crippen molar-refractivity contribution in [3.63, 3.8) is 0 Å². The van der Waals surface area contributed by atoms with E-state index in [0.29, 0.717) is 6.54 Å². The molecule has 5 N–H and O–H groups in total. The van der Waals surface area contributed by atoms with Gasteiger partial charge in [-0.25, -0.2) is 4.79 Å². The Bertz CT molecular complexity index is 870. The molecule has 0 spiro atoms. The van der Waals surface area contributed by atoms with E-state index in [1.54, 1.807) is 0 Å². The minimum Gasteiger partial charge on any atom is -0.394 e. The molecule has 3 atom stereocenters. The van der Waals surface area contributed by atoms with Gasteiger partial charge in [-0.15, -0.1) is 0 Å². The Kier molecular flexibility index (Phi) is 6.40. The molecule has 9 nitrogen and oxygen atoms in total. The number of nitrogens with zero attached hydrogens (tertiary/aromatic N) is 2. The fourth-order valence-corrected chi connectivity index (χ4v) is 3.15. The van der Waals surface area contributed by atoms with Crippen molar-refractivity contribution < 1.29 is 19.7 Å². The minimum absolute atomic E-state index is 0.0600. The van der Waals surface area contributed by atoms with Crippen molar-refractivity contribution in [2.24, 2.45) is 0 Å². The maximum Gasteiger partial charge on any atom is 0.351 e. The van der Waals surface area contributed by atoms with Crippen LogP contribution in [0.15, 0.2) is 41.3 Å². The van der Waals surface area contributed by atoms with Crippen molar-refractivity contribution in [2.75, 3.05) is 18.9 Å². The Morgan fingerprint density at radius 2 is 2.11 bits per heavy atom. The highest BCUT2D eigenvalue weighted by Gasteiger charge is 2.35. The van der Waals surface area contributed by atoms with Gasteiger partial charge in [-0.3, -0.25) is 9.36 Å². The van der Waals surface area contributed by atoms with Crippen LogP contribution in [0.5, 0.6) is 0 Å². The van der Waals surface area contributed by atoms with Crippen LogP contribution in [0.1, 0.15) is 35.0 Å². The van der Waals surface area contributed by atoms with E-state index in [4.69, 9.17) is 10.5 Å². The van der Waals surface area contributed by atoms with Crippen LogP contribution < -0.4 is 16.7 Å². The van der Waals surface area contributed by atoms with Crippen molar-refractivity contribution >= 4 is 11.7 Å². The van der Waals surface area contributed by atoms with Gasteiger partial charge < -0.3 is 26.0 Å². The van der Waals surface area contributed by atoms with Crippen LogP contribution in [0.3, 0.4) is 0 Å². The third kappa shape index (κ3) is 4.56. The van der Waals surface area contributed by atoms with Crippen molar-refractivity contribution in [3.05, 3.63) is 58.1 Å². The summed E-state index contributed by atoms with van der Waals surface area (Å²) >= 11 is 0. The molecule has 0 unspecified atom stereocenters. The number of carbonyl (C=O) groups excluding carboxylic acids is 1. The van der Waals surface area contributed by atoms with Crippen LogP contribution in [-0.2, 0) is 11.2 Å². The van der Waals surface area contributed by atoms with Crippen molar-refractivity contribution in [2.45, 2.75) is 37.7 Å². The zero-order valence-electron chi connectivity index (χ0n) is 15.3. The smallest absolute Gasteiger partial charge is 0.351 e. The normalized spacial score (nSPS) is 21.6. The number of aryl methyl sites for hydroxylation is 1. The number of aromatic nitrogens is 2. The zero-order chi connectivity index (χ0) is 20.1. The number of benzene rings is 1. The van der Waals surface area contributed by atoms with Gasteiger partial charge in [0, 0.05) is 19.2 Å². The van der Waals surface area contributed by atoms with Crippen LogP contribution in [0.25, 0.3) is 0 Å². The molecule has 0 bridgehead atoms. The molecule has 2 aromatic rings. The molecule has 0 saturated carbocycles. The van der Waals surface area contributed by atoms with Gasteiger partial charge in [0.25, 0.3) is 5.91 Å². The number of ether oxygens (including phenoxy) is 1. The highest BCUT2D eigenvalue weighted by molar-refractivity contribution is 5.97.